The Morgan fingerprint density at radius 3 is 2.13 bits per heavy atom. The van der Waals surface area contributed by atoms with Crippen LogP contribution in [0, 0.1) is 18.2 Å². The third kappa shape index (κ3) is 2.20. The molecule has 1 aromatic carbocycles. The van der Waals surface area contributed by atoms with Gasteiger partial charge in [0.05, 0.1) is 5.60 Å². The molecule has 0 aliphatic rings. The summed E-state index contributed by atoms with van der Waals surface area (Å²) in [5.74, 6) is -0.305. The standard InChI is InChI=1S/C13H19FO/c1-9-6-7-10(14)8-11(9)13(5,15)12(2,3)4/h6-8,15H,1-5H3. The second-order valence-electron chi connectivity index (χ2n) is 5.28. The molecule has 0 aliphatic carbocycles. The summed E-state index contributed by atoms with van der Waals surface area (Å²) in [6.45, 7) is 9.44. The zero-order valence-corrected chi connectivity index (χ0v) is 10.1. The summed E-state index contributed by atoms with van der Waals surface area (Å²) >= 11 is 0. The van der Waals surface area contributed by atoms with E-state index in [1.54, 1.807) is 13.0 Å². The third-order valence-corrected chi connectivity index (χ3v) is 3.18. The van der Waals surface area contributed by atoms with Crippen LogP contribution in [-0.2, 0) is 5.60 Å². The van der Waals surface area contributed by atoms with Crippen molar-refractivity contribution in [3.63, 3.8) is 0 Å². The summed E-state index contributed by atoms with van der Waals surface area (Å²) in [6, 6.07) is 4.53. The fourth-order valence-corrected chi connectivity index (χ4v) is 1.52. The van der Waals surface area contributed by atoms with Crippen molar-refractivity contribution in [3.8, 4) is 0 Å². The van der Waals surface area contributed by atoms with Crippen molar-refractivity contribution >= 4 is 0 Å². The second-order valence-corrected chi connectivity index (χ2v) is 5.28. The quantitative estimate of drug-likeness (QED) is 0.753. The molecule has 1 atom stereocenters. The summed E-state index contributed by atoms with van der Waals surface area (Å²) < 4.78 is 13.2. The average Bonchev–Trinajstić information content (AvgIpc) is 2.07. The van der Waals surface area contributed by atoms with Gasteiger partial charge in [-0.1, -0.05) is 26.8 Å². The molecule has 0 heterocycles. The van der Waals surface area contributed by atoms with Crippen molar-refractivity contribution in [2.45, 2.75) is 40.2 Å². The number of hydrogen-bond acceptors (Lipinski definition) is 1. The minimum Gasteiger partial charge on any atom is -0.385 e. The van der Waals surface area contributed by atoms with Crippen LogP contribution >= 0.6 is 0 Å². The van der Waals surface area contributed by atoms with E-state index in [4.69, 9.17) is 0 Å². The van der Waals surface area contributed by atoms with Gasteiger partial charge in [0, 0.05) is 0 Å². The minimum absolute atomic E-state index is 0.305. The van der Waals surface area contributed by atoms with Gasteiger partial charge in [-0.15, -0.1) is 0 Å². The number of rotatable bonds is 1. The van der Waals surface area contributed by atoms with Gasteiger partial charge >= 0.3 is 0 Å². The first kappa shape index (κ1) is 12.2. The van der Waals surface area contributed by atoms with Gasteiger partial charge in [-0.3, -0.25) is 0 Å². The van der Waals surface area contributed by atoms with Crippen LogP contribution in [0.4, 0.5) is 4.39 Å². The molecule has 0 aromatic heterocycles. The number of benzene rings is 1. The van der Waals surface area contributed by atoms with Crippen LogP contribution in [0.3, 0.4) is 0 Å². The van der Waals surface area contributed by atoms with Gasteiger partial charge in [-0.2, -0.15) is 0 Å². The van der Waals surface area contributed by atoms with E-state index in [9.17, 15) is 9.50 Å². The Kier molecular flexibility index (Phi) is 2.92. The highest BCUT2D eigenvalue weighted by Gasteiger charge is 2.38. The van der Waals surface area contributed by atoms with Crippen LogP contribution in [0.15, 0.2) is 18.2 Å². The highest BCUT2D eigenvalue weighted by atomic mass is 19.1. The molecule has 2 heteroatoms. The minimum atomic E-state index is -1.03. The van der Waals surface area contributed by atoms with E-state index < -0.39 is 5.60 Å². The van der Waals surface area contributed by atoms with Gasteiger partial charge in [0.15, 0.2) is 0 Å². The summed E-state index contributed by atoms with van der Waals surface area (Å²) in [5, 5.41) is 10.5. The van der Waals surface area contributed by atoms with Crippen LogP contribution in [0.2, 0.25) is 0 Å². The van der Waals surface area contributed by atoms with Gasteiger partial charge in [0.1, 0.15) is 5.82 Å². The highest BCUT2D eigenvalue weighted by molar-refractivity contribution is 5.32. The lowest BCUT2D eigenvalue weighted by atomic mass is 9.72. The fraction of sp³-hybridized carbons (Fsp3) is 0.538. The smallest absolute Gasteiger partial charge is 0.123 e. The highest BCUT2D eigenvalue weighted by Crippen LogP contribution is 2.40. The maximum atomic E-state index is 13.2. The summed E-state index contributed by atoms with van der Waals surface area (Å²) in [5.41, 5.74) is 0.219. The topological polar surface area (TPSA) is 20.2 Å². The molecule has 1 unspecified atom stereocenters. The first-order chi connectivity index (χ1) is 6.66. The molecule has 0 aliphatic heterocycles. The maximum absolute atomic E-state index is 13.2. The van der Waals surface area contributed by atoms with Crippen LogP contribution in [0.1, 0.15) is 38.8 Å². The molecule has 1 N–H and O–H groups in total. The summed E-state index contributed by atoms with van der Waals surface area (Å²) in [6.07, 6.45) is 0. The number of hydrogen-bond donors (Lipinski definition) is 1. The Labute approximate surface area is 90.9 Å². The molecule has 1 rings (SSSR count). The molecule has 1 nitrogen and oxygen atoms in total. The van der Waals surface area contributed by atoms with Crippen LogP contribution < -0.4 is 0 Å². The Morgan fingerprint density at radius 1 is 1.13 bits per heavy atom. The largest absolute Gasteiger partial charge is 0.385 e. The van der Waals surface area contributed by atoms with Crippen LogP contribution in [-0.4, -0.2) is 5.11 Å². The zero-order chi connectivity index (χ0) is 11.9. The van der Waals surface area contributed by atoms with E-state index in [1.807, 2.05) is 27.7 Å². The van der Waals surface area contributed by atoms with Crippen molar-refractivity contribution in [3.05, 3.63) is 35.1 Å². The lowest BCUT2D eigenvalue weighted by Gasteiger charge is -2.38. The summed E-state index contributed by atoms with van der Waals surface area (Å²) in [7, 11) is 0. The average molecular weight is 210 g/mol. The first-order valence-corrected chi connectivity index (χ1v) is 5.15. The number of halogens is 1. The van der Waals surface area contributed by atoms with Crippen LogP contribution in [0.5, 0.6) is 0 Å². The van der Waals surface area contributed by atoms with E-state index in [0.717, 1.165) is 5.56 Å². The van der Waals surface area contributed by atoms with E-state index in [0.29, 0.717) is 5.56 Å². The Bertz CT molecular complexity index is 361. The van der Waals surface area contributed by atoms with Crippen molar-refractivity contribution in [2.24, 2.45) is 5.41 Å². The predicted molar refractivity (Wildman–Crippen MR) is 60.2 cm³/mol. The van der Waals surface area contributed by atoms with Gasteiger partial charge < -0.3 is 5.11 Å². The van der Waals surface area contributed by atoms with Crippen molar-refractivity contribution in [1.29, 1.82) is 0 Å². The molecule has 84 valence electrons. The molecule has 0 fully saturated rings. The fourth-order valence-electron chi connectivity index (χ4n) is 1.52. The Hall–Kier alpha value is -0.890. The van der Waals surface area contributed by atoms with E-state index in [-0.39, 0.29) is 11.2 Å². The number of aryl methyl sites for hydroxylation is 1. The lowest BCUT2D eigenvalue weighted by Crippen LogP contribution is -2.37. The van der Waals surface area contributed by atoms with Gasteiger partial charge in [-0.25, -0.2) is 4.39 Å². The van der Waals surface area contributed by atoms with Crippen LogP contribution in [0.25, 0.3) is 0 Å². The molecule has 0 saturated heterocycles. The van der Waals surface area contributed by atoms with Crippen molar-refractivity contribution < 1.29 is 9.50 Å². The zero-order valence-electron chi connectivity index (χ0n) is 10.1. The van der Waals surface area contributed by atoms with Gasteiger partial charge in [0.25, 0.3) is 0 Å². The summed E-state index contributed by atoms with van der Waals surface area (Å²) in [4.78, 5) is 0. The molecular weight excluding hydrogens is 191 g/mol. The SMILES string of the molecule is Cc1ccc(F)cc1C(C)(O)C(C)(C)C. The molecule has 0 amide bonds. The number of aliphatic hydroxyl groups is 1. The Morgan fingerprint density at radius 2 is 1.67 bits per heavy atom. The van der Waals surface area contributed by atoms with Crippen molar-refractivity contribution in [1.82, 2.24) is 0 Å². The predicted octanol–water partition coefficient (Wildman–Crippen LogP) is 3.39. The van der Waals surface area contributed by atoms with E-state index in [2.05, 4.69) is 0 Å². The molecular formula is C13H19FO. The first-order valence-electron chi connectivity index (χ1n) is 5.15. The Balaban J connectivity index is 3.32. The third-order valence-electron chi connectivity index (χ3n) is 3.18. The van der Waals surface area contributed by atoms with E-state index >= 15 is 0 Å². The van der Waals surface area contributed by atoms with E-state index in [1.165, 1.54) is 12.1 Å². The normalized spacial score (nSPS) is 16.2. The molecule has 15 heavy (non-hydrogen) atoms. The maximum Gasteiger partial charge on any atom is 0.123 e. The van der Waals surface area contributed by atoms with Gasteiger partial charge in [0.2, 0.25) is 0 Å². The monoisotopic (exact) mass is 210 g/mol. The molecule has 0 spiro atoms. The molecule has 0 bridgehead atoms. The molecule has 0 radical (unpaired) electrons. The second kappa shape index (κ2) is 3.60. The van der Waals surface area contributed by atoms with Gasteiger partial charge in [-0.05, 0) is 42.5 Å². The molecule has 0 saturated carbocycles. The lowest BCUT2D eigenvalue weighted by molar-refractivity contribution is -0.0477. The van der Waals surface area contributed by atoms with Crippen molar-refractivity contribution in [2.75, 3.05) is 0 Å². The molecule has 1 aromatic rings.